The molecule has 13 heavy (non-hydrogen) atoms. The number of rotatable bonds is 1. The van der Waals surface area contributed by atoms with Crippen LogP contribution in [-0.4, -0.2) is 9.48 Å². The van der Waals surface area contributed by atoms with Crippen molar-refractivity contribution in [3.8, 4) is 0 Å². The molecule has 0 saturated heterocycles. The number of nitrogens with zero attached hydrogens (tertiary/aromatic N) is 1. The third-order valence-corrected chi connectivity index (χ3v) is 2.63. The smallest absolute Gasteiger partial charge is 0.145 e. The van der Waals surface area contributed by atoms with Crippen LogP contribution < -0.4 is 0 Å². The maximum Gasteiger partial charge on any atom is 0.145 e. The van der Waals surface area contributed by atoms with Crippen LogP contribution in [0.1, 0.15) is 5.69 Å². The molecule has 1 aromatic carbocycles. The van der Waals surface area contributed by atoms with Crippen LogP contribution in [0.4, 0.5) is 8.78 Å². The summed E-state index contributed by atoms with van der Waals surface area (Å²) in [5.41, 5.74) is 0.318. The first kappa shape index (κ1) is 8.52. The zero-order valence-electron chi connectivity index (χ0n) is 6.42. The van der Waals surface area contributed by atoms with E-state index in [1.54, 1.807) is 0 Å². The first-order valence-electron chi connectivity index (χ1n) is 3.56. The lowest BCUT2D eigenvalue weighted by Gasteiger charge is -1.93. The summed E-state index contributed by atoms with van der Waals surface area (Å²) in [5, 5.41) is 9.16. The summed E-state index contributed by atoms with van der Waals surface area (Å²) in [6, 6.07) is 1.98. The van der Waals surface area contributed by atoms with Gasteiger partial charge in [0.05, 0.1) is 17.0 Å². The van der Waals surface area contributed by atoms with Gasteiger partial charge in [-0.3, -0.25) is 0 Å². The fourth-order valence-corrected chi connectivity index (χ4v) is 1.91. The standard InChI is InChI=1S/C8H5F2NOS/c9-4-1-5-7(3-12)11-13-8(5)6(10)2-4/h1-2,12H,3H2. The van der Waals surface area contributed by atoms with E-state index in [1.807, 2.05) is 0 Å². The minimum Gasteiger partial charge on any atom is -0.390 e. The largest absolute Gasteiger partial charge is 0.390 e. The summed E-state index contributed by atoms with van der Waals surface area (Å²) in [4.78, 5) is 0. The van der Waals surface area contributed by atoms with Gasteiger partial charge < -0.3 is 5.11 Å². The van der Waals surface area contributed by atoms with Crippen LogP contribution in [0.2, 0.25) is 0 Å². The van der Waals surface area contributed by atoms with Gasteiger partial charge in [-0.05, 0) is 17.6 Å². The van der Waals surface area contributed by atoms with Crippen LogP contribution >= 0.6 is 11.5 Å². The number of halogens is 2. The first-order valence-corrected chi connectivity index (χ1v) is 4.34. The van der Waals surface area contributed by atoms with Crippen LogP contribution in [0.25, 0.3) is 10.1 Å². The maximum absolute atomic E-state index is 13.0. The molecule has 0 aliphatic heterocycles. The lowest BCUT2D eigenvalue weighted by molar-refractivity contribution is 0.279. The molecule has 0 amide bonds. The summed E-state index contributed by atoms with van der Waals surface area (Å²) >= 11 is 0.922. The molecule has 0 bridgehead atoms. The molecule has 0 spiro atoms. The molecule has 5 heteroatoms. The summed E-state index contributed by atoms with van der Waals surface area (Å²) in [7, 11) is 0. The van der Waals surface area contributed by atoms with E-state index in [0.717, 1.165) is 17.6 Å². The van der Waals surface area contributed by atoms with E-state index in [1.165, 1.54) is 6.07 Å². The van der Waals surface area contributed by atoms with Gasteiger partial charge in [0.2, 0.25) is 0 Å². The minimum absolute atomic E-state index is 0.283. The van der Waals surface area contributed by atoms with Gasteiger partial charge in [0.25, 0.3) is 0 Å². The lowest BCUT2D eigenvalue weighted by Crippen LogP contribution is -1.84. The quantitative estimate of drug-likeness (QED) is 0.766. The second-order valence-corrected chi connectivity index (χ2v) is 3.33. The number of hydrogen-bond donors (Lipinski definition) is 1. The summed E-state index contributed by atoms with van der Waals surface area (Å²) in [6.45, 7) is -0.303. The molecule has 0 aliphatic carbocycles. The Morgan fingerprint density at radius 2 is 2.15 bits per heavy atom. The molecular formula is C8H5F2NOS. The highest BCUT2D eigenvalue weighted by Crippen LogP contribution is 2.26. The Morgan fingerprint density at radius 1 is 1.38 bits per heavy atom. The Bertz CT molecular complexity index is 455. The van der Waals surface area contributed by atoms with Crippen molar-refractivity contribution in [1.29, 1.82) is 0 Å². The summed E-state index contributed by atoms with van der Waals surface area (Å²) in [6.07, 6.45) is 0. The topological polar surface area (TPSA) is 33.1 Å². The number of aliphatic hydroxyl groups is 1. The second kappa shape index (κ2) is 3.01. The van der Waals surface area contributed by atoms with Gasteiger partial charge >= 0.3 is 0 Å². The van der Waals surface area contributed by atoms with Crippen molar-refractivity contribution in [3.63, 3.8) is 0 Å². The van der Waals surface area contributed by atoms with Crippen molar-refractivity contribution in [3.05, 3.63) is 29.5 Å². The average molecular weight is 201 g/mol. The Hall–Kier alpha value is -1.07. The zero-order chi connectivity index (χ0) is 9.42. The molecule has 2 nitrogen and oxygen atoms in total. The molecule has 0 atom stereocenters. The van der Waals surface area contributed by atoms with Crippen molar-refractivity contribution >= 4 is 21.6 Å². The molecule has 1 aromatic heterocycles. The van der Waals surface area contributed by atoms with Crippen LogP contribution in [0.5, 0.6) is 0 Å². The number of benzene rings is 1. The molecule has 0 unspecified atom stereocenters. The zero-order valence-corrected chi connectivity index (χ0v) is 7.24. The van der Waals surface area contributed by atoms with Crippen molar-refractivity contribution in [1.82, 2.24) is 4.37 Å². The number of fused-ring (bicyclic) bond motifs is 1. The van der Waals surface area contributed by atoms with Gasteiger partial charge in [-0.15, -0.1) is 0 Å². The van der Waals surface area contributed by atoms with Gasteiger partial charge in [-0.1, -0.05) is 0 Å². The number of hydrogen-bond acceptors (Lipinski definition) is 3. The average Bonchev–Trinajstić information content (AvgIpc) is 2.47. The molecule has 2 aromatic rings. The van der Waals surface area contributed by atoms with E-state index in [4.69, 9.17) is 5.11 Å². The lowest BCUT2D eigenvalue weighted by atomic mass is 10.2. The van der Waals surface area contributed by atoms with Crippen molar-refractivity contribution in [2.24, 2.45) is 0 Å². The number of aromatic nitrogens is 1. The molecule has 2 rings (SSSR count). The predicted octanol–water partition coefficient (Wildman–Crippen LogP) is 2.07. The Labute approximate surface area is 76.6 Å². The fourth-order valence-electron chi connectivity index (χ4n) is 1.13. The van der Waals surface area contributed by atoms with Gasteiger partial charge in [-0.2, -0.15) is 4.37 Å². The van der Waals surface area contributed by atoms with Gasteiger partial charge in [0.1, 0.15) is 11.6 Å². The van der Waals surface area contributed by atoms with Crippen LogP contribution in [0, 0.1) is 11.6 Å². The Kier molecular flexibility index (Phi) is 1.97. The maximum atomic E-state index is 13.0. The van der Waals surface area contributed by atoms with Gasteiger partial charge in [0, 0.05) is 11.5 Å². The SMILES string of the molecule is OCc1nsc2c(F)cc(F)cc12. The molecule has 1 heterocycles. The van der Waals surface area contributed by atoms with E-state index in [0.29, 0.717) is 11.1 Å². The van der Waals surface area contributed by atoms with E-state index in [2.05, 4.69) is 4.37 Å². The van der Waals surface area contributed by atoms with Crippen LogP contribution in [-0.2, 0) is 6.61 Å². The highest BCUT2D eigenvalue weighted by molar-refractivity contribution is 7.13. The molecule has 68 valence electrons. The molecule has 0 fully saturated rings. The third-order valence-electron chi connectivity index (χ3n) is 1.72. The van der Waals surface area contributed by atoms with Crippen LogP contribution in [0.15, 0.2) is 12.1 Å². The predicted molar refractivity (Wildman–Crippen MR) is 45.5 cm³/mol. The monoisotopic (exact) mass is 201 g/mol. The molecule has 0 radical (unpaired) electrons. The summed E-state index contributed by atoms with van der Waals surface area (Å²) in [5.74, 6) is -1.29. The van der Waals surface area contributed by atoms with Crippen molar-refractivity contribution in [2.45, 2.75) is 6.61 Å². The third kappa shape index (κ3) is 1.30. The van der Waals surface area contributed by atoms with Gasteiger partial charge in [0.15, 0.2) is 0 Å². The molecule has 0 aliphatic rings. The summed E-state index contributed by atoms with van der Waals surface area (Å²) < 4.78 is 29.9. The highest BCUT2D eigenvalue weighted by atomic mass is 32.1. The van der Waals surface area contributed by atoms with E-state index >= 15 is 0 Å². The first-order chi connectivity index (χ1) is 6.22. The van der Waals surface area contributed by atoms with E-state index in [-0.39, 0.29) is 11.3 Å². The highest BCUT2D eigenvalue weighted by Gasteiger charge is 2.10. The second-order valence-electron chi connectivity index (χ2n) is 2.55. The molecule has 0 saturated carbocycles. The molecular weight excluding hydrogens is 196 g/mol. The molecule has 1 N–H and O–H groups in total. The normalized spacial score (nSPS) is 11.0. The Balaban J connectivity index is 2.82. The van der Waals surface area contributed by atoms with E-state index < -0.39 is 11.6 Å². The van der Waals surface area contributed by atoms with E-state index in [9.17, 15) is 8.78 Å². The van der Waals surface area contributed by atoms with Crippen molar-refractivity contribution < 1.29 is 13.9 Å². The van der Waals surface area contributed by atoms with Crippen molar-refractivity contribution in [2.75, 3.05) is 0 Å². The van der Waals surface area contributed by atoms with Gasteiger partial charge in [-0.25, -0.2) is 8.78 Å². The fraction of sp³-hybridized carbons (Fsp3) is 0.125. The minimum atomic E-state index is -0.653. The van der Waals surface area contributed by atoms with Crippen LogP contribution in [0.3, 0.4) is 0 Å². The Morgan fingerprint density at radius 3 is 2.85 bits per heavy atom. The number of aliphatic hydroxyl groups excluding tert-OH is 1.